The van der Waals surface area contributed by atoms with Crippen LogP contribution in [-0.4, -0.2) is 67.4 Å². The topological polar surface area (TPSA) is 159 Å². The number of benzene rings is 2. The number of ether oxygens (including phenoxy) is 5. The lowest BCUT2D eigenvalue weighted by molar-refractivity contribution is -0.296. The third kappa shape index (κ3) is 9.54. The number of phosphoric ester groups is 1. The van der Waals surface area contributed by atoms with Crippen LogP contribution in [0.25, 0.3) is 0 Å². The summed E-state index contributed by atoms with van der Waals surface area (Å²) in [5, 5.41) is 0. The van der Waals surface area contributed by atoms with Gasteiger partial charge in [-0.1, -0.05) is 36.4 Å². The molecule has 0 spiro atoms. The predicted molar refractivity (Wildman–Crippen MR) is 140 cm³/mol. The molecule has 3 unspecified atom stereocenters. The van der Waals surface area contributed by atoms with Crippen molar-refractivity contribution < 1.29 is 65.4 Å². The third-order valence-electron chi connectivity index (χ3n) is 5.39. The van der Waals surface area contributed by atoms with Gasteiger partial charge >= 0.3 is 31.7 Å². The first-order valence-electron chi connectivity index (χ1n) is 12.6. The van der Waals surface area contributed by atoms with Gasteiger partial charge in [0.2, 0.25) is 6.29 Å². The molecule has 228 valence electrons. The minimum Gasteiger partial charge on any atom is -0.463 e. The van der Waals surface area contributed by atoms with Crippen molar-refractivity contribution in [3.05, 3.63) is 60.7 Å². The van der Waals surface area contributed by atoms with Gasteiger partial charge < -0.3 is 32.7 Å². The number of para-hydroxylation sites is 2. The summed E-state index contributed by atoms with van der Waals surface area (Å²) in [4.78, 5) is 47.5. The van der Waals surface area contributed by atoms with Gasteiger partial charge in [0.1, 0.15) is 24.2 Å². The summed E-state index contributed by atoms with van der Waals surface area (Å²) in [6, 6.07) is 15.5. The molecule has 2 aromatic carbocycles. The van der Waals surface area contributed by atoms with E-state index in [1.165, 1.54) is 24.3 Å². The lowest BCUT2D eigenvalue weighted by Crippen LogP contribution is -2.64. The Kier molecular flexibility index (Phi) is 11.4. The fourth-order valence-electron chi connectivity index (χ4n) is 3.88. The van der Waals surface area contributed by atoms with Crippen LogP contribution in [0.2, 0.25) is 0 Å². The van der Waals surface area contributed by atoms with Crippen molar-refractivity contribution in [2.45, 2.75) is 64.6 Å². The summed E-state index contributed by atoms with van der Waals surface area (Å²) in [6.45, 7) is 3.19. The molecule has 1 aliphatic rings. The first kappa shape index (κ1) is 32.5. The Hall–Kier alpha value is -4.00. The van der Waals surface area contributed by atoms with E-state index >= 15 is 4.39 Å². The number of phosphoric acid groups is 1. The van der Waals surface area contributed by atoms with Crippen LogP contribution in [0.4, 0.5) is 4.39 Å². The Labute approximate surface area is 240 Å². The van der Waals surface area contributed by atoms with E-state index in [-0.39, 0.29) is 11.5 Å². The maximum absolute atomic E-state index is 15.5. The minimum atomic E-state index is -4.78. The van der Waals surface area contributed by atoms with Crippen molar-refractivity contribution in [2.24, 2.45) is 0 Å². The van der Waals surface area contributed by atoms with Crippen LogP contribution in [0, 0.1) is 0 Å². The van der Waals surface area contributed by atoms with Crippen LogP contribution < -0.4 is 9.05 Å². The molecular formula is C27H30FO13P. The standard InChI is InChI=1S/C27H30FO13P/c1-16(29)34-15-22(28)23-24(35-17(2)30)25(36-18(3)31)26(37-19(4)32)27(38-23)41-42(33,39-20-11-7-5-8-12-20)40-21-13-9-6-10-14-21/h5-14,22-27H,15H2,1-4H3/t22-,23?,24+,25?,26?,27-/m0/s1. The maximum Gasteiger partial charge on any atom is 0.590 e. The number of esters is 4. The molecule has 6 atom stereocenters. The monoisotopic (exact) mass is 612 g/mol. The molecule has 0 aromatic heterocycles. The van der Waals surface area contributed by atoms with E-state index in [1.807, 2.05) is 0 Å². The smallest absolute Gasteiger partial charge is 0.463 e. The average Bonchev–Trinajstić information content (AvgIpc) is 2.90. The summed E-state index contributed by atoms with van der Waals surface area (Å²) < 4.78 is 72.7. The lowest BCUT2D eigenvalue weighted by Gasteiger charge is -2.45. The number of carbonyl (C=O) groups excluding carboxylic acids is 4. The molecule has 15 heteroatoms. The molecular weight excluding hydrogens is 582 g/mol. The number of carbonyl (C=O) groups is 4. The average molecular weight is 612 g/mol. The number of hydrogen-bond acceptors (Lipinski definition) is 13. The lowest BCUT2D eigenvalue weighted by atomic mass is 9.95. The van der Waals surface area contributed by atoms with Crippen LogP contribution in [0.15, 0.2) is 60.7 Å². The normalized spacial score (nSPS) is 22.6. The van der Waals surface area contributed by atoms with Gasteiger partial charge in [0, 0.05) is 27.7 Å². The van der Waals surface area contributed by atoms with Crippen molar-refractivity contribution in [2.75, 3.05) is 6.61 Å². The molecule has 0 aliphatic carbocycles. The zero-order chi connectivity index (χ0) is 30.9. The SMILES string of the molecule is CC(=O)OC[C@H](F)C1O[C@@H](OP(=O)(Oc2ccccc2)Oc2ccccc2)C(OC(C)=O)C(OC(C)=O)[C@@H]1OC(C)=O. The predicted octanol–water partition coefficient (Wildman–Crippen LogP) is 3.69. The summed E-state index contributed by atoms with van der Waals surface area (Å²) in [5.74, 6) is -3.54. The molecule has 0 radical (unpaired) electrons. The molecule has 0 bridgehead atoms. The third-order valence-corrected chi connectivity index (χ3v) is 6.73. The molecule has 0 saturated carbocycles. The zero-order valence-corrected chi connectivity index (χ0v) is 24.0. The van der Waals surface area contributed by atoms with Gasteiger partial charge in [-0.15, -0.1) is 0 Å². The summed E-state index contributed by atoms with van der Waals surface area (Å²) >= 11 is 0. The van der Waals surface area contributed by atoms with Crippen LogP contribution in [-0.2, 0) is 52.0 Å². The minimum absolute atomic E-state index is 0.0423. The van der Waals surface area contributed by atoms with E-state index in [1.54, 1.807) is 36.4 Å². The first-order chi connectivity index (χ1) is 19.9. The Morgan fingerprint density at radius 1 is 0.738 bits per heavy atom. The Morgan fingerprint density at radius 2 is 1.19 bits per heavy atom. The maximum atomic E-state index is 15.5. The summed E-state index contributed by atoms with van der Waals surface area (Å²) in [7, 11) is -4.78. The van der Waals surface area contributed by atoms with Crippen LogP contribution in [0.3, 0.4) is 0 Å². The highest BCUT2D eigenvalue weighted by molar-refractivity contribution is 7.49. The van der Waals surface area contributed by atoms with Crippen molar-refractivity contribution in [1.82, 2.24) is 0 Å². The van der Waals surface area contributed by atoms with E-state index < -0.39 is 75.2 Å². The molecule has 1 saturated heterocycles. The molecule has 2 aromatic rings. The number of rotatable bonds is 12. The highest BCUT2D eigenvalue weighted by atomic mass is 31.2. The molecule has 13 nitrogen and oxygen atoms in total. The first-order valence-corrected chi connectivity index (χ1v) is 14.0. The fraction of sp³-hybridized carbons (Fsp3) is 0.407. The van der Waals surface area contributed by atoms with E-state index in [2.05, 4.69) is 0 Å². The van der Waals surface area contributed by atoms with Crippen LogP contribution in [0.1, 0.15) is 27.7 Å². The van der Waals surface area contributed by atoms with Crippen LogP contribution >= 0.6 is 7.82 Å². The van der Waals surface area contributed by atoms with Gasteiger partial charge in [-0.05, 0) is 24.3 Å². The fourth-order valence-corrected chi connectivity index (χ4v) is 5.19. The summed E-state index contributed by atoms with van der Waals surface area (Å²) in [6.07, 6.45) is -11.3. The Morgan fingerprint density at radius 3 is 1.64 bits per heavy atom. The molecule has 42 heavy (non-hydrogen) atoms. The van der Waals surface area contributed by atoms with Gasteiger partial charge in [0.25, 0.3) is 0 Å². The molecule has 3 rings (SSSR count). The Balaban J connectivity index is 2.08. The van der Waals surface area contributed by atoms with E-state index in [9.17, 15) is 23.7 Å². The van der Waals surface area contributed by atoms with Crippen molar-refractivity contribution in [3.8, 4) is 11.5 Å². The van der Waals surface area contributed by atoms with Gasteiger partial charge in [0.15, 0.2) is 24.5 Å². The molecule has 1 heterocycles. The van der Waals surface area contributed by atoms with E-state index in [0.717, 1.165) is 27.7 Å². The van der Waals surface area contributed by atoms with Gasteiger partial charge in [0.05, 0.1) is 0 Å². The Bertz CT molecular complexity index is 1230. The second-order valence-corrected chi connectivity index (χ2v) is 10.3. The van der Waals surface area contributed by atoms with Crippen molar-refractivity contribution in [1.29, 1.82) is 0 Å². The quantitative estimate of drug-likeness (QED) is 0.194. The number of halogens is 1. The van der Waals surface area contributed by atoms with E-state index in [4.69, 9.17) is 37.3 Å². The van der Waals surface area contributed by atoms with Crippen molar-refractivity contribution >= 4 is 31.7 Å². The van der Waals surface area contributed by atoms with Crippen molar-refractivity contribution in [3.63, 3.8) is 0 Å². The zero-order valence-electron chi connectivity index (χ0n) is 23.1. The summed E-state index contributed by atoms with van der Waals surface area (Å²) in [5.41, 5.74) is 0. The molecule has 1 aliphatic heterocycles. The molecule has 1 fully saturated rings. The van der Waals surface area contributed by atoms with Gasteiger partial charge in [-0.25, -0.2) is 13.5 Å². The van der Waals surface area contributed by atoms with E-state index in [0.29, 0.717) is 0 Å². The molecule has 0 N–H and O–H groups in total. The van der Waals surface area contributed by atoms with Gasteiger partial charge in [-0.3, -0.25) is 19.2 Å². The highest BCUT2D eigenvalue weighted by Gasteiger charge is 2.57. The highest BCUT2D eigenvalue weighted by Crippen LogP contribution is 2.52. The molecule has 0 amide bonds. The van der Waals surface area contributed by atoms with Crippen LogP contribution in [0.5, 0.6) is 11.5 Å². The largest absolute Gasteiger partial charge is 0.590 e. The van der Waals surface area contributed by atoms with Gasteiger partial charge in [-0.2, -0.15) is 0 Å². The second kappa shape index (κ2) is 14.8. The number of alkyl halides is 1. The number of hydrogen-bond donors (Lipinski definition) is 0. The second-order valence-electron chi connectivity index (χ2n) is 8.87.